The number of halogens is 1. The van der Waals surface area contributed by atoms with Gasteiger partial charge in [-0.3, -0.25) is 4.79 Å². The van der Waals surface area contributed by atoms with Crippen LogP contribution in [-0.2, 0) is 6.54 Å². The van der Waals surface area contributed by atoms with E-state index in [-0.39, 0.29) is 5.91 Å². The van der Waals surface area contributed by atoms with E-state index < -0.39 is 0 Å². The molecule has 1 aliphatic carbocycles. The molecule has 150 valence electrons. The lowest BCUT2D eigenvalue weighted by molar-refractivity contribution is 0.0920. The average Bonchev–Trinajstić information content (AvgIpc) is 3.41. The van der Waals surface area contributed by atoms with Gasteiger partial charge < -0.3 is 10.2 Å². The first-order valence-corrected chi connectivity index (χ1v) is 10.7. The second-order valence-corrected chi connectivity index (χ2v) is 8.43. The molecule has 7 heteroatoms. The van der Waals surface area contributed by atoms with Gasteiger partial charge in [0.15, 0.2) is 5.69 Å². The van der Waals surface area contributed by atoms with E-state index in [2.05, 4.69) is 20.5 Å². The minimum Gasteiger partial charge on any atom is -0.350 e. The number of aromatic nitrogens is 3. The summed E-state index contributed by atoms with van der Waals surface area (Å²) in [6.45, 7) is 3.55. The van der Waals surface area contributed by atoms with Crippen molar-refractivity contribution in [3.8, 4) is 0 Å². The molecule has 1 N–H and O–H groups in total. The third kappa shape index (κ3) is 4.73. The first-order valence-electron chi connectivity index (χ1n) is 10.3. The van der Waals surface area contributed by atoms with Crippen molar-refractivity contribution in [1.29, 1.82) is 0 Å². The zero-order chi connectivity index (χ0) is 19.3. The molecule has 2 aliphatic rings. The lowest BCUT2D eigenvalue weighted by atomic mass is 9.95. The average molecular weight is 402 g/mol. The highest BCUT2D eigenvalue weighted by atomic mass is 35.5. The van der Waals surface area contributed by atoms with E-state index >= 15 is 0 Å². The fourth-order valence-electron chi connectivity index (χ4n) is 4.40. The standard InChI is InChI=1S/C21H28ClN5O/c22-19-8-4-1-5-17(19)14-27-15-20(24-25-27)21(28)23-13-16-9-11-26(12-10-16)18-6-2-3-7-18/h1,4-5,8,15-16,18H,2-3,6-7,9-14H2,(H,23,28). The van der Waals surface area contributed by atoms with Gasteiger partial charge in [-0.25, -0.2) is 4.68 Å². The van der Waals surface area contributed by atoms with Crippen LogP contribution in [0.4, 0.5) is 0 Å². The number of benzene rings is 1. The SMILES string of the molecule is O=C(NCC1CCN(C2CCCC2)CC1)c1cn(Cc2ccccc2Cl)nn1. The van der Waals surface area contributed by atoms with Crippen LogP contribution in [0.1, 0.15) is 54.6 Å². The topological polar surface area (TPSA) is 63.1 Å². The zero-order valence-electron chi connectivity index (χ0n) is 16.2. The van der Waals surface area contributed by atoms with Gasteiger partial charge in [-0.1, -0.05) is 47.9 Å². The van der Waals surface area contributed by atoms with Crippen molar-refractivity contribution in [1.82, 2.24) is 25.2 Å². The van der Waals surface area contributed by atoms with E-state index in [0.717, 1.165) is 24.4 Å². The second kappa shape index (κ2) is 9.05. The van der Waals surface area contributed by atoms with Crippen LogP contribution in [-0.4, -0.2) is 51.5 Å². The lowest BCUT2D eigenvalue weighted by Gasteiger charge is -2.36. The first-order chi connectivity index (χ1) is 13.7. The summed E-state index contributed by atoms with van der Waals surface area (Å²) in [5, 5.41) is 11.8. The number of amides is 1. The van der Waals surface area contributed by atoms with Gasteiger partial charge in [0, 0.05) is 17.6 Å². The predicted octanol–water partition coefficient (Wildman–Crippen LogP) is 3.36. The molecule has 0 radical (unpaired) electrons. The number of carbonyl (C=O) groups is 1. The Bertz CT molecular complexity index is 794. The Hall–Kier alpha value is -1.92. The summed E-state index contributed by atoms with van der Waals surface area (Å²) in [5.41, 5.74) is 1.31. The number of rotatable bonds is 6. The number of likely N-dealkylation sites (tertiary alicyclic amines) is 1. The first kappa shape index (κ1) is 19.4. The van der Waals surface area contributed by atoms with Crippen molar-refractivity contribution in [3.05, 3.63) is 46.7 Å². The van der Waals surface area contributed by atoms with Crippen LogP contribution in [0.5, 0.6) is 0 Å². The summed E-state index contributed by atoms with van der Waals surface area (Å²) >= 11 is 6.19. The monoisotopic (exact) mass is 401 g/mol. The molecule has 1 saturated heterocycles. The maximum Gasteiger partial charge on any atom is 0.273 e. The van der Waals surface area contributed by atoms with Gasteiger partial charge >= 0.3 is 0 Å². The van der Waals surface area contributed by atoms with Crippen molar-refractivity contribution in [2.24, 2.45) is 5.92 Å². The predicted molar refractivity (Wildman–Crippen MR) is 109 cm³/mol. The van der Waals surface area contributed by atoms with Crippen molar-refractivity contribution in [2.45, 2.75) is 51.1 Å². The minimum atomic E-state index is -0.149. The largest absolute Gasteiger partial charge is 0.350 e. The van der Waals surface area contributed by atoms with Crippen LogP contribution < -0.4 is 5.32 Å². The van der Waals surface area contributed by atoms with E-state index in [0.29, 0.717) is 29.7 Å². The van der Waals surface area contributed by atoms with Crippen molar-refractivity contribution in [2.75, 3.05) is 19.6 Å². The van der Waals surface area contributed by atoms with Crippen molar-refractivity contribution in [3.63, 3.8) is 0 Å². The van der Waals surface area contributed by atoms with E-state index in [1.807, 2.05) is 24.3 Å². The van der Waals surface area contributed by atoms with Crippen molar-refractivity contribution >= 4 is 17.5 Å². The molecular formula is C21H28ClN5O. The third-order valence-electron chi connectivity index (χ3n) is 6.10. The van der Waals surface area contributed by atoms with Gasteiger partial charge in [0.2, 0.25) is 0 Å². The maximum absolute atomic E-state index is 12.4. The fraction of sp³-hybridized carbons (Fsp3) is 0.571. The van der Waals surface area contributed by atoms with Crippen LogP contribution in [0, 0.1) is 5.92 Å². The molecule has 1 saturated carbocycles. The Balaban J connectivity index is 1.23. The Morgan fingerprint density at radius 1 is 1.14 bits per heavy atom. The summed E-state index contributed by atoms with van der Waals surface area (Å²) in [5.74, 6) is 0.406. The van der Waals surface area contributed by atoms with E-state index in [1.54, 1.807) is 10.9 Å². The molecule has 1 amide bonds. The Kier molecular flexibility index (Phi) is 6.27. The van der Waals surface area contributed by atoms with Gasteiger partial charge in [0.25, 0.3) is 5.91 Å². The van der Waals surface area contributed by atoms with E-state index in [4.69, 9.17) is 11.6 Å². The maximum atomic E-state index is 12.4. The molecule has 1 aromatic carbocycles. The summed E-state index contributed by atoms with van der Waals surface area (Å²) in [6, 6.07) is 8.43. The second-order valence-electron chi connectivity index (χ2n) is 8.02. The quantitative estimate of drug-likeness (QED) is 0.806. The number of nitrogens with one attached hydrogen (secondary N) is 1. The molecule has 6 nitrogen and oxygen atoms in total. The minimum absolute atomic E-state index is 0.149. The molecule has 1 aromatic heterocycles. The van der Waals surface area contributed by atoms with E-state index in [9.17, 15) is 4.79 Å². The Morgan fingerprint density at radius 2 is 1.89 bits per heavy atom. The van der Waals surface area contributed by atoms with Gasteiger partial charge in [-0.15, -0.1) is 5.10 Å². The summed E-state index contributed by atoms with van der Waals surface area (Å²) in [7, 11) is 0. The molecule has 2 aromatic rings. The smallest absolute Gasteiger partial charge is 0.273 e. The molecule has 0 atom stereocenters. The summed E-state index contributed by atoms with van der Waals surface area (Å²) < 4.78 is 1.65. The van der Waals surface area contributed by atoms with Gasteiger partial charge in [0.1, 0.15) is 0 Å². The number of carbonyl (C=O) groups excluding carboxylic acids is 1. The van der Waals surface area contributed by atoms with Gasteiger partial charge in [-0.2, -0.15) is 0 Å². The molecule has 28 heavy (non-hydrogen) atoms. The van der Waals surface area contributed by atoms with Crippen LogP contribution in [0.2, 0.25) is 5.02 Å². The molecule has 2 fully saturated rings. The molecule has 1 aliphatic heterocycles. The molecule has 0 spiro atoms. The van der Waals surface area contributed by atoms with Crippen LogP contribution in [0.15, 0.2) is 30.5 Å². The number of nitrogens with zero attached hydrogens (tertiary/aromatic N) is 4. The zero-order valence-corrected chi connectivity index (χ0v) is 16.9. The molecule has 4 rings (SSSR count). The summed E-state index contributed by atoms with van der Waals surface area (Å²) in [4.78, 5) is 15.1. The highest BCUT2D eigenvalue weighted by Gasteiger charge is 2.27. The lowest BCUT2D eigenvalue weighted by Crippen LogP contribution is -2.42. The summed E-state index contributed by atoms with van der Waals surface area (Å²) in [6.07, 6.45) is 9.51. The van der Waals surface area contributed by atoms with Crippen LogP contribution in [0.25, 0.3) is 0 Å². The van der Waals surface area contributed by atoms with Crippen LogP contribution >= 0.6 is 11.6 Å². The fourth-order valence-corrected chi connectivity index (χ4v) is 4.60. The molecular weight excluding hydrogens is 374 g/mol. The number of hydrogen-bond acceptors (Lipinski definition) is 4. The van der Waals surface area contributed by atoms with Gasteiger partial charge in [-0.05, 0) is 56.3 Å². The van der Waals surface area contributed by atoms with E-state index in [1.165, 1.54) is 38.8 Å². The molecule has 0 unspecified atom stereocenters. The molecule has 0 bridgehead atoms. The van der Waals surface area contributed by atoms with Crippen LogP contribution in [0.3, 0.4) is 0 Å². The Labute approximate surface area is 171 Å². The molecule has 2 heterocycles. The van der Waals surface area contributed by atoms with Crippen molar-refractivity contribution < 1.29 is 4.79 Å². The normalized spacial score (nSPS) is 19.2. The highest BCUT2D eigenvalue weighted by Crippen LogP contribution is 2.27. The Morgan fingerprint density at radius 3 is 2.64 bits per heavy atom. The number of hydrogen-bond donors (Lipinski definition) is 1. The number of piperidine rings is 1. The third-order valence-corrected chi connectivity index (χ3v) is 6.47. The van der Waals surface area contributed by atoms with Gasteiger partial charge in [0.05, 0.1) is 12.7 Å². The highest BCUT2D eigenvalue weighted by molar-refractivity contribution is 6.31.